The van der Waals surface area contributed by atoms with E-state index in [0.717, 1.165) is 6.07 Å². The maximum absolute atomic E-state index is 13.3. The summed E-state index contributed by atoms with van der Waals surface area (Å²) in [5, 5.41) is 0. The lowest BCUT2D eigenvalue weighted by Crippen LogP contribution is -2.60. The molecule has 1 aliphatic rings. The van der Waals surface area contributed by atoms with Crippen LogP contribution in [0.25, 0.3) is 0 Å². The number of esters is 1. The number of halogens is 1. The molecule has 24 heavy (non-hydrogen) atoms. The highest BCUT2D eigenvalue weighted by Crippen LogP contribution is 2.16. The number of methoxy groups -OCH3 is 1. The monoisotopic (exact) mass is 354 g/mol. The molecule has 0 aromatic heterocycles. The number of amides is 2. The fourth-order valence-corrected chi connectivity index (χ4v) is 3.03. The number of thioether (sulfide) groups is 1. The standard InChI is InChI=1S/C16H19FN2O4S/c1-23-16(22)13-9-18(6-7-19(13)14(20)10-24-2)15(21)11-4-3-5-12(17)8-11/h3-5,8,13H,6-7,9-10H2,1-2H3/t13-/m0/s1. The van der Waals surface area contributed by atoms with Crippen LogP contribution in [0.3, 0.4) is 0 Å². The van der Waals surface area contributed by atoms with E-state index in [4.69, 9.17) is 4.74 Å². The molecule has 1 aliphatic heterocycles. The number of hydrogen-bond donors (Lipinski definition) is 0. The molecule has 1 heterocycles. The fraction of sp³-hybridized carbons (Fsp3) is 0.438. The van der Waals surface area contributed by atoms with Crippen LogP contribution >= 0.6 is 11.8 Å². The van der Waals surface area contributed by atoms with E-state index < -0.39 is 17.8 Å². The molecule has 0 radical (unpaired) electrons. The van der Waals surface area contributed by atoms with Gasteiger partial charge in [-0.15, -0.1) is 0 Å². The molecule has 1 atom stereocenters. The molecule has 1 fully saturated rings. The second kappa shape index (κ2) is 8.14. The minimum absolute atomic E-state index is 0.0299. The Labute approximate surface area is 143 Å². The number of rotatable bonds is 4. The molecule has 130 valence electrons. The normalized spacial score (nSPS) is 17.5. The SMILES string of the molecule is COC(=O)[C@@H]1CN(C(=O)c2cccc(F)c2)CCN1C(=O)CSC. The van der Waals surface area contributed by atoms with Gasteiger partial charge in [0.2, 0.25) is 5.91 Å². The van der Waals surface area contributed by atoms with Gasteiger partial charge in [0, 0.05) is 18.7 Å². The van der Waals surface area contributed by atoms with Crippen molar-refractivity contribution in [1.29, 1.82) is 0 Å². The molecule has 0 unspecified atom stereocenters. The minimum Gasteiger partial charge on any atom is -0.467 e. The van der Waals surface area contributed by atoms with Gasteiger partial charge in [-0.25, -0.2) is 9.18 Å². The highest BCUT2D eigenvalue weighted by molar-refractivity contribution is 7.99. The number of ether oxygens (including phenoxy) is 1. The van der Waals surface area contributed by atoms with Crippen molar-refractivity contribution in [1.82, 2.24) is 9.80 Å². The molecule has 0 spiro atoms. The van der Waals surface area contributed by atoms with Crippen molar-refractivity contribution in [2.45, 2.75) is 6.04 Å². The van der Waals surface area contributed by atoms with E-state index in [1.54, 1.807) is 6.26 Å². The lowest BCUT2D eigenvalue weighted by Gasteiger charge is -2.39. The van der Waals surface area contributed by atoms with Crippen LogP contribution in [0.2, 0.25) is 0 Å². The Morgan fingerprint density at radius 3 is 2.71 bits per heavy atom. The predicted octanol–water partition coefficient (Wildman–Crippen LogP) is 1.01. The zero-order valence-electron chi connectivity index (χ0n) is 13.5. The van der Waals surface area contributed by atoms with E-state index in [2.05, 4.69) is 0 Å². The summed E-state index contributed by atoms with van der Waals surface area (Å²) in [4.78, 5) is 39.6. The molecule has 8 heteroatoms. The second-order valence-electron chi connectivity index (χ2n) is 5.32. The largest absolute Gasteiger partial charge is 0.467 e. The predicted molar refractivity (Wildman–Crippen MR) is 88.2 cm³/mol. The van der Waals surface area contributed by atoms with Gasteiger partial charge in [-0.1, -0.05) is 6.07 Å². The van der Waals surface area contributed by atoms with Crippen molar-refractivity contribution in [3.8, 4) is 0 Å². The zero-order valence-corrected chi connectivity index (χ0v) is 14.3. The number of benzene rings is 1. The average Bonchev–Trinajstić information content (AvgIpc) is 2.60. The van der Waals surface area contributed by atoms with Crippen molar-refractivity contribution >= 4 is 29.5 Å². The van der Waals surface area contributed by atoms with Gasteiger partial charge in [0.25, 0.3) is 5.91 Å². The molecule has 1 saturated heterocycles. The van der Waals surface area contributed by atoms with E-state index in [9.17, 15) is 18.8 Å². The van der Waals surface area contributed by atoms with Crippen LogP contribution in [0, 0.1) is 5.82 Å². The highest BCUT2D eigenvalue weighted by atomic mass is 32.2. The summed E-state index contributed by atoms with van der Waals surface area (Å²) in [5.74, 6) is -1.36. The first-order valence-electron chi connectivity index (χ1n) is 7.39. The van der Waals surface area contributed by atoms with Crippen LogP contribution < -0.4 is 0 Å². The smallest absolute Gasteiger partial charge is 0.330 e. The zero-order chi connectivity index (χ0) is 17.7. The van der Waals surface area contributed by atoms with Gasteiger partial charge < -0.3 is 14.5 Å². The van der Waals surface area contributed by atoms with Crippen LogP contribution in [-0.4, -0.2) is 72.4 Å². The molecule has 1 aromatic rings. The van der Waals surface area contributed by atoms with Crippen LogP contribution in [0.5, 0.6) is 0 Å². The Morgan fingerprint density at radius 1 is 1.33 bits per heavy atom. The molecule has 0 N–H and O–H groups in total. The highest BCUT2D eigenvalue weighted by Gasteiger charge is 2.37. The Morgan fingerprint density at radius 2 is 2.08 bits per heavy atom. The average molecular weight is 354 g/mol. The first kappa shape index (κ1) is 18.3. The van der Waals surface area contributed by atoms with Gasteiger partial charge in [0.1, 0.15) is 11.9 Å². The minimum atomic E-state index is -0.846. The summed E-state index contributed by atoms with van der Waals surface area (Å²) >= 11 is 1.36. The first-order chi connectivity index (χ1) is 11.5. The lowest BCUT2D eigenvalue weighted by molar-refractivity contribution is -0.154. The van der Waals surface area contributed by atoms with Crippen molar-refractivity contribution in [3.63, 3.8) is 0 Å². The fourth-order valence-electron chi connectivity index (χ4n) is 2.61. The van der Waals surface area contributed by atoms with Crippen molar-refractivity contribution < 1.29 is 23.5 Å². The number of carbonyl (C=O) groups is 3. The lowest BCUT2D eigenvalue weighted by atomic mass is 10.1. The summed E-state index contributed by atoms with van der Waals surface area (Å²) in [5.41, 5.74) is 0.211. The molecular weight excluding hydrogens is 335 g/mol. The van der Waals surface area contributed by atoms with E-state index in [1.165, 1.54) is 46.9 Å². The van der Waals surface area contributed by atoms with Gasteiger partial charge in [-0.3, -0.25) is 9.59 Å². The molecule has 2 rings (SSSR count). The third-order valence-corrected chi connectivity index (χ3v) is 4.34. The summed E-state index contributed by atoms with van der Waals surface area (Å²) < 4.78 is 18.1. The number of carbonyl (C=O) groups excluding carboxylic acids is 3. The molecule has 0 saturated carbocycles. The Bertz CT molecular complexity index is 640. The van der Waals surface area contributed by atoms with Crippen LogP contribution in [0.15, 0.2) is 24.3 Å². The van der Waals surface area contributed by atoms with E-state index in [-0.39, 0.29) is 42.8 Å². The van der Waals surface area contributed by atoms with Gasteiger partial charge in [0.15, 0.2) is 0 Å². The van der Waals surface area contributed by atoms with E-state index in [1.807, 2.05) is 0 Å². The molecule has 1 aromatic carbocycles. The van der Waals surface area contributed by atoms with Crippen LogP contribution in [0.4, 0.5) is 4.39 Å². The number of nitrogens with zero attached hydrogens (tertiary/aromatic N) is 2. The Hall–Kier alpha value is -2.09. The van der Waals surface area contributed by atoms with Gasteiger partial charge >= 0.3 is 5.97 Å². The van der Waals surface area contributed by atoms with Gasteiger partial charge in [-0.05, 0) is 24.5 Å². The molecule has 2 amide bonds. The number of hydrogen-bond acceptors (Lipinski definition) is 5. The first-order valence-corrected chi connectivity index (χ1v) is 8.78. The molecule has 6 nitrogen and oxygen atoms in total. The number of piperazine rings is 1. The summed E-state index contributed by atoms with van der Waals surface area (Å²) in [6.07, 6.45) is 1.80. The third kappa shape index (κ3) is 4.05. The molecule has 0 aliphatic carbocycles. The van der Waals surface area contributed by atoms with Crippen molar-refractivity contribution in [3.05, 3.63) is 35.6 Å². The van der Waals surface area contributed by atoms with Gasteiger partial charge in [-0.2, -0.15) is 11.8 Å². The summed E-state index contributed by atoms with van der Waals surface area (Å²) in [7, 11) is 1.24. The van der Waals surface area contributed by atoms with E-state index in [0.29, 0.717) is 0 Å². The Balaban J connectivity index is 2.17. The van der Waals surface area contributed by atoms with Crippen LogP contribution in [0.1, 0.15) is 10.4 Å². The van der Waals surface area contributed by atoms with Gasteiger partial charge in [0.05, 0.1) is 19.4 Å². The quantitative estimate of drug-likeness (QED) is 0.755. The summed E-state index contributed by atoms with van der Waals surface area (Å²) in [6, 6.07) is 4.54. The summed E-state index contributed by atoms with van der Waals surface area (Å²) in [6.45, 7) is 0.547. The molecule has 0 bridgehead atoms. The topological polar surface area (TPSA) is 66.9 Å². The Kier molecular flexibility index (Phi) is 6.19. The van der Waals surface area contributed by atoms with Crippen molar-refractivity contribution in [2.75, 3.05) is 38.8 Å². The molecular formula is C16H19FN2O4S. The maximum atomic E-state index is 13.3. The maximum Gasteiger partial charge on any atom is 0.330 e. The van der Waals surface area contributed by atoms with Crippen molar-refractivity contribution in [2.24, 2.45) is 0 Å². The van der Waals surface area contributed by atoms with Crippen LogP contribution in [-0.2, 0) is 14.3 Å². The van der Waals surface area contributed by atoms with E-state index >= 15 is 0 Å². The third-order valence-electron chi connectivity index (χ3n) is 3.80. The second-order valence-corrected chi connectivity index (χ2v) is 6.19.